The van der Waals surface area contributed by atoms with Crippen molar-refractivity contribution in [1.29, 1.82) is 0 Å². The van der Waals surface area contributed by atoms with Gasteiger partial charge in [-0.05, 0) is 55.1 Å². The van der Waals surface area contributed by atoms with Gasteiger partial charge < -0.3 is 9.84 Å². The summed E-state index contributed by atoms with van der Waals surface area (Å²) >= 11 is 1.28. The van der Waals surface area contributed by atoms with Crippen LogP contribution < -0.4 is 9.64 Å². The Morgan fingerprint density at radius 3 is 2.33 bits per heavy atom. The second kappa shape index (κ2) is 8.16. The summed E-state index contributed by atoms with van der Waals surface area (Å²) in [5.74, 6) is -0.762. The van der Waals surface area contributed by atoms with Crippen molar-refractivity contribution >= 4 is 28.7 Å². The molecule has 1 unspecified atom stereocenters. The number of nitrogens with zero attached hydrogens (tertiary/aromatic N) is 1. The smallest absolute Gasteiger partial charge is 0.294 e. The summed E-state index contributed by atoms with van der Waals surface area (Å²) in [5.41, 5.74) is 1.42. The molecule has 2 aromatic carbocycles. The Kier molecular flexibility index (Phi) is 5.42. The van der Waals surface area contributed by atoms with Crippen molar-refractivity contribution in [2.75, 3.05) is 4.90 Å². The van der Waals surface area contributed by atoms with E-state index in [9.17, 15) is 14.7 Å². The molecule has 152 valence electrons. The van der Waals surface area contributed by atoms with Crippen molar-refractivity contribution in [3.8, 4) is 5.75 Å². The molecule has 0 aliphatic carbocycles. The van der Waals surface area contributed by atoms with Crippen molar-refractivity contribution < 1.29 is 19.4 Å². The minimum Gasteiger partial charge on any atom is -0.503 e. The topological polar surface area (TPSA) is 66.8 Å². The molecule has 4 rings (SSSR count). The Morgan fingerprint density at radius 1 is 1.03 bits per heavy atom. The maximum absolute atomic E-state index is 13.2. The van der Waals surface area contributed by atoms with Gasteiger partial charge in [-0.15, -0.1) is 11.3 Å². The lowest BCUT2D eigenvalue weighted by atomic mass is 9.95. The molecule has 1 atom stereocenters. The van der Waals surface area contributed by atoms with Gasteiger partial charge in [-0.25, -0.2) is 0 Å². The summed E-state index contributed by atoms with van der Waals surface area (Å²) in [6.45, 7) is 3.88. The van der Waals surface area contributed by atoms with Crippen molar-refractivity contribution in [2.45, 2.75) is 26.0 Å². The third-order valence-corrected chi connectivity index (χ3v) is 5.67. The minimum absolute atomic E-state index is 0.0297. The molecule has 0 bridgehead atoms. The van der Waals surface area contributed by atoms with Gasteiger partial charge in [0.2, 0.25) is 5.78 Å². The molecule has 0 saturated heterocycles. The summed E-state index contributed by atoms with van der Waals surface area (Å²) in [6, 6.07) is 19.1. The van der Waals surface area contributed by atoms with Crippen molar-refractivity contribution in [1.82, 2.24) is 0 Å². The maximum atomic E-state index is 13.2. The van der Waals surface area contributed by atoms with Crippen LogP contribution in [0.3, 0.4) is 0 Å². The Bertz CT molecular complexity index is 1090. The molecular weight excluding hydrogens is 398 g/mol. The molecule has 1 N–H and O–H groups in total. The van der Waals surface area contributed by atoms with Gasteiger partial charge in [-0.2, -0.15) is 0 Å². The highest BCUT2D eigenvalue weighted by Crippen LogP contribution is 2.42. The van der Waals surface area contributed by atoms with Gasteiger partial charge in [0, 0.05) is 5.69 Å². The number of benzene rings is 2. The molecule has 0 spiro atoms. The zero-order chi connectivity index (χ0) is 21.3. The summed E-state index contributed by atoms with van der Waals surface area (Å²) in [4.78, 5) is 28.2. The fourth-order valence-corrected chi connectivity index (χ4v) is 4.23. The van der Waals surface area contributed by atoms with Crippen LogP contribution in [0.5, 0.6) is 5.75 Å². The third-order valence-electron chi connectivity index (χ3n) is 4.80. The van der Waals surface area contributed by atoms with Crippen LogP contribution in [-0.4, -0.2) is 22.9 Å². The number of rotatable bonds is 6. The number of ether oxygens (including phenoxy) is 1. The van der Waals surface area contributed by atoms with E-state index in [1.54, 1.807) is 41.8 Å². The predicted octanol–water partition coefficient (Wildman–Crippen LogP) is 5.32. The summed E-state index contributed by atoms with van der Waals surface area (Å²) in [6.07, 6.45) is 0.0297. The highest BCUT2D eigenvalue weighted by atomic mass is 32.1. The van der Waals surface area contributed by atoms with Crippen LogP contribution in [0.1, 0.15) is 35.1 Å². The molecule has 30 heavy (non-hydrogen) atoms. The van der Waals surface area contributed by atoms with Crippen molar-refractivity contribution in [2.24, 2.45) is 0 Å². The molecule has 1 aromatic heterocycles. The number of amides is 1. The first kappa shape index (κ1) is 19.9. The molecular formula is C24H21NO4S. The van der Waals surface area contributed by atoms with Gasteiger partial charge in [0.25, 0.3) is 5.91 Å². The number of Topliss-reactive ketones (excluding diaryl/α,β-unsaturated/α-hetero) is 1. The van der Waals surface area contributed by atoms with Crippen LogP contribution in [0, 0.1) is 0 Å². The predicted molar refractivity (Wildman–Crippen MR) is 117 cm³/mol. The number of carbonyl (C=O) groups is 2. The Labute approximate surface area is 178 Å². The third kappa shape index (κ3) is 3.62. The first-order valence-electron chi connectivity index (χ1n) is 9.64. The van der Waals surface area contributed by atoms with Crippen LogP contribution in [0.2, 0.25) is 0 Å². The van der Waals surface area contributed by atoms with Crippen LogP contribution in [0.15, 0.2) is 83.4 Å². The highest BCUT2D eigenvalue weighted by molar-refractivity contribution is 7.12. The van der Waals surface area contributed by atoms with Gasteiger partial charge in [-0.3, -0.25) is 14.5 Å². The maximum Gasteiger partial charge on any atom is 0.294 e. The van der Waals surface area contributed by atoms with E-state index in [0.717, 1.165) is 5.56 Å². The second-order valence-electron chi connectivity index (χ2n) is 7.22. The van der Waals surface area contributed by atoms with Gasteiger partial charge >= 0.3 is 0 Å². The van der Waals surface area contributed by atoms with E-state index >= 15 is 0 Å². The number of aliphatic hydroxyl groups is 1. The van der Waals surface area contributed by atoms with Crippen LogP contribution in [-0.2, 0) is 4.79 Å². The zero-order valence-corrected chi connectivity index (χ0v) is 17.4. The first-order valence-corrected chi connectivity index (χ1v) is 10.5. The Morgan fingerprint density at radius 2 is 1.73 bits per heavy atom. The first-order chi connectivity index (χ1) is 14.5. The Balaban J connectivity index is 1.79. The summed E-state index contributed by atoms with van der Waals surface area (Å²) in [7, 11) is 0. The van der Waals surface area contributed by atoms with Crippen LogP contribution in [0.4, 0.5) is 5.69 Å². The number of anilines is 1. The molecule has 2 heterocycles. The average molecular weight is 420 g/mol. The van der Waals surface area contributed by atoms with Gasteiger partial charge in [0.1, 0.15) is 5.75 Å². The fourth-order valence-electron chi connectivity index (χ4n) is 3.55. The number of hydrogen-bond acceptors (Lipinski definition) is 5. The molecule has 0 fully saturated rings. The number of hydrogen-bond donors (Lipinski definition) is 1. The zero-order valence-electron chi connectivity index (χ0n) is 16.6. The van der Waals surface area contributed by atoms with E-state index in [2.05, 4.69) is 0 Å². The minimum atomic E-state index is -0.717. The van der Waals surface area contributed by atoms with Crippen molar-refractivity contribution in [3.05, 3.63) is 93.9 Å². The van der Waals surface area contributed by atoms with E-state index in [0.29, 0.717) is 16.3 Å². The quantitative estimate of drug-likeness (QED) is 0.549. The molecule has 1 amide bonds. The molecule has 6 heteroatoms. The van der Waals surface area contributed by atoms with Crippen molar-refractivity contribution in [3.63, 3.8) is 0 Å². The van der Waals surface area contributed by atoms with Crippen LogP contribution >= 0.6 is 11.3 Å². The Hall–Kier alpha value is -3.38. The van der Waals surface area contributed by atoms with Gasteiger partial charge in [0.15, 0.2) is 5.76 Å². The summed E-state index contributed by atoms with van der Waals surface area (Å²) in [5, 5.41) is 12.5. The standard InChI is InChI=1S/C24H21NO4S/c1-15(2)29-18-12-10-17(11-13-18)25-21(16-7-4-3-5-8-16)20(23(27)24(25)28)22(26)19-9-6-14-30-19/h3-15,21,27H,1-2H3. The number of thiophene rings is 1. The molecule has 0 radical (unpaired) electrons. The van der Waals surface area contributed by atoms with Crippen LogP contribution in [0.25, 0.3) is 0 Å². The highest BCUT2D eigenvalue weighted by Gasteiger charge is 2.44. The fraction of sp³-hybridized carbons (Fsp3) is 0.167. The molecule has 1 aliphatic rings. The van der Waals surface area contributed by atoms with E-state index in [1.165, 1.54) is 16.2 Å². The normalized spacial score (nSPS) is 16.4. The largest absolute Gasteiger partial charge is 0.503 e. The lowest BCUT2D eigenvalue weighted by Crippen LogP contribution is -2.31. The molecule has 3 aromatic rings. The average Bonchev–Trinajstić information content (AvgIpc) is 3.36. The van der Waals surface area contributed by atoms with E-state index < -0.39 is 17.7 Å². The SMILES string of the molecule is CC(C)Oc1ccc(N2C(=O)C(O)=C(C(=O)c3cccs3)C2c2ccccc2)cc1. The number of aliphatic hydroxyl groups excluding tert-OH is 1. The summed E-state index contributed by atoms with van der Waals surface area (Å²) < 4.78 is 5.68. The second-order valence-corrected chi connectivity index (χ2v) is 8.17. The number of carbonyl (C=O) groups excluding carboxylic acids is 2. The van der Waals surface area contributed by atoms with Gasteiger partial charge in [-0.1, -0.05) is 36.4 Å². The van der Waals surface area contributed by atoms with E-state index in [4.69, 9.17) is 4.74 Å². The number of ketones is 1. The lowest BCUT2D eigenvalue weighted by molar-refractivity contribution is -0.117. The van der Waals surface area contributed by atoms with Gasteiger partial charge in [0.05, 0.1) is 22.6 Å². The lowest BCUT2D eigenvalue weighted by Gasteiger charge is -2.27. The molecule has 5 nitrogen and oxygen atoms in total. The van der Waals surface area contributed by atoms with E-state index in [1.807, 2.05) is 44.2 Å². The molecule has 1 aliphatic heterocycles. The molecule has 0 saturated carbocycles. The van der Waals surface area contributed by atoms with E-state index in [-0.39, 0.29) is 17.5 Å². The monoisotopic (exact) mass is 419 g/mol.